The SMILES string of the molecule is Clc1ccc(CCN2CCCC(N3CCCCCC3)C2)cc1Cl. The number of piperidine rings is 1. The fraction of sp³-hybridized carbons (Fsp3) is 0.684. The van der Waals surface area contributed by atoms with Gasteiger partial charge in [0.05, 0.1) is 10.0 Å². The van der Waals surface area contributed by atoms with Gasteiger partial charge in [-0.15, -0.1) is 0 Å². The predicted molar refractivity (Wildman–Crippen MR) is 99.7 cm³/mol. The highest BCUT2D eigenvalue weighted by atomic mass is 35.5. The normalized spacial score (nSPS) is 24.5. The molecule has 2 saturated heterocycles. The first-order valence-electron chi connectivity index (χ1n) is 9.13. The Morgan fingerprint density at radius 2 is 1.70 bits per heavy atom. The van der Waals surface area contributed by atoms with Crippen molar-refractivity contribution in [3.8, 4) is 0 Å². The highest BCUT2D eigenvalue weighted by Crippen LogP contribution is 2.24. The average molecular weight is 355 g/mol. The Balaban J connectivity index is 1.50. The quantitative estimate of drug-likeness (QED) is 0.760. The van der Waals surface area contributed by atoms with Crippen LogP contribution in [-0.4, -0.2) is 48.6 Å². The number of hydrogen-bond donors (Lipinski definition) is 0. The fourth-order valence-electron chi connectivity index (χ4n) is 3.97. The molecule has 0 aromatic heterocycles. The number of rotatable bonds is 4. The van der Waals surface area contributed by atoms with Crippen LogP contribution in [0.1, 0.15) is 44.1 Å². The number of benzene rings is 1. The van der Waals surface area contributed by atoms with Crippen molar-refractivity contribution in [2.45, 2.75) is 51.0 Å². The van der Waals surface area contributed by atoms with Crippen LogP contribution >= 0.6 is 23.2 Å². The van der Waals surface area contributed by atoms with E-state index in [0.29, 0.717) is 10.0 Å². The number of likely N-dealkylation sites (tertiary alicyclic amines) is 2. The molecule has 0 bridgehead atoms. The maximum absolute atomic E-state index is 6.12. The van der Waals surface area contributed by atoms with Crippen molar-refractivity contribution in [1.29, 1.82) is 0 Å². The molecule has 23 heavy (non-hydrogen) atoms. The van der Waals surface area contributed by atoms with Gasteiger partial charge in [0.15, 0.2) is 0 Å². The monoisotopic (exact) mass is 354 g/mol. The van der Waals surface area contributed by atoms with E-state index in [2.05, 4.69) is 15.9 Å². The fourth-order valence-corrected chi connectivity index (χ4v) is 4.30. The van der Waals surface area contributed by atoms with Gasteiger partial charge in [-0.1, -0.05) is 42.1 Å². The van der Waals surface area contributed by atoms with Crippen molar-refractivity contribution in [1.82, 2.24) is 9.80 Å². The van der Waals surface area contributed by atoms with Gasteiger partial charge < -0.3 is 4.90 Å². The Hall–Kier alpha value is -0.280. The minimum absolute atomic E-state index is 0.648. The molecular formula is C19H28Cl2N2. The molecule has 0 saturated carbocycles. The lowest BCUT2D eigenvalue weighted by Crippen LogP contribution is -2.48. The topological polar surface area (TPSA) is 6.48 Å². The molecule has 1 aromatic rings. The summed E-state index contributed by atoms with van der Waals surface area (Å²) in [6, 6.07) is 6.80. The third kappa shape index (κ3) is 5.09. The van der Waals surface area contributed by atoms with Crippen LogP contribution in [0.4, 0.5) is 0 Å². The summed E-state index contributed by atoms with van der Waals surface area (Å²) in [6.07, 6.45) is 9.39. The van der Waals surface area contributed by atoms with Crippen LogP contribution in [-0.2, 0) is 6.42 Å². The molecule has 2 fully saturated rings. The van der Waals surface area contributed by atoms with Crippen LogP contribution < -0.4 is 0 Å². The number of halogens is 2. The molecule has 128 valence electrons. The Kier molecular flexibility index (Phi) is 6.64. The summed E-state index contributed by atoms with van der Waals surface area (Å²) in [6.45, 7) is 6.23. The zero-order chi connectivity index (χ0) is 16.1. The van der Waals surface area contributed by atoms with E-state index in [1.807, 2.05) is 12.1 Å². The van der Waals surface area contributed by atoms with Crippen molar-refractivity contribution in [3.05, 3.63) is 33.8 Å². The van der Waals surface area contributed by atoms with Gasteiger partial charge in [0.25, 0.3) is 0 Å². The molecule has 3 rings (SSSR count). The Morgan fingerprint density at radius 3 is 2.43 bits per heavy atom. The summed E-state index contributed by atoms with van der Waals surface area (Å²) < 4.78 is 0. The molecule has 2 aliphatic rings. The summed E-state index contributed by atoms with van der Waals surface area (Å²) in [4.78, 5) is 5.40. The summed E-state index contributed by atoms with van der Waals surface area (Å²) >= 11 is 12.1. The van der Waals surface area contributed by atoms with Gasteiger partial charge in [-0.3, -0.25) is 4.90 Å². The minimum atomic E-state index is 0.648. The molecule has 1 aromatic carbocycles. The van der Waals surface area contributed by atoms with Crippen LogP contribution in [0, 0.1) is 0 Å². The van der Waals surface area contributed by atoms with Crippen LogP contribution in [0.5, 0.6) is 0 Å². The van der Waals surface area contributed by atoms with Gasteiger partial charge in [0.2, 0.25) is 0 Å². The molecule has 0 N–H and O–H groups in total. The van der Waals surface area contributed by atoms with Gasteiger partial charge in [-0.05, 0) is 69.4 Å². The molecule has 0 amide bonds. The summed E-state index contributed by atoms with van der Waals surface area (Å²) in [7, 11) is 0. The first-order valence-corrected chi connectivity index (χ1v) is 9.88. The minimum Gasteiger partial charge on any atom is -0.301 e. The molecule has 1 unspecified atom stereocenters. The maximum Gasteiger partial charge on any atom is 0.0595 e. The number of nitrogens with zero attached hydrogens (tertiary/aromatic N) is 2. The number of hydrogen-bond acceptors (Lipinski definition) is 2. The van der Waals surface area contributed by atoms with Crippen molar-refractivity contribution < 1.29 is 0 Å². The second-order valence-electron chi connectivity index (χ2n) is 7.05. The first-order chi connectivity index (χ1) is 11.2. The zero-order valence-electron chi connectivity index (χ0n) is 13.9. The van der Waals surface area contributed by atoms with E-state index in [0.717, 1.165) is 19.0 Å². The zero-order valence-corrected chi connectivity index (χ0v) is 15.5. The highest BCUT2D eigenvalue weighted by molar-refractivity contribution is 6.42. The third-order valence-electron chi connectivity index (χ3n) is 5.34. The smallest absolute Gasteiger partial charge is 0.0595 e. The second kappa shape index (κ2) is 8.71. The predicted octanol–water partition coefficient (Wildman–Crippen LogP) is 4.88. The molecule has 2 heterocycles. The van der Waals surface area contributed by atoms with Crippen molar-refractivity contribution >= 4 is 23.2 Å². The van der Waals surface area contributed by atoms with Crippen LogP contribution in [0.3, 0.4) is 0 Å². The maximum atomic E-state index is 6.12. The van der Waals surface area contributed by atoms with E-state index >= 15 is 0 Å². The van der Waals surface area contributed by atoms with Crippen LogP contribution in [0.25, 0.3) is 0 Å². The Morgan fingerprint density at radius 1 is 0.913 bits per heavy atom. The highest BCUT2D eigenvalue weighted by Gasteiger charge is 2.25. The van der Waals surface area contributed by atoms with E-state index in [1.165, 1.54) is 70.3 Å². The lowest BCUT2D eigenvalue weighted by atomic mass is 10.0. The molecule has 4 heteroatoms. The van der Waals surface area contributed by atoms with Crippen molar-refractivity contribution in [2.24, 2.45) is 0 Å². The Labute approximate surface area is 150 Å². The van der Waals surface area contributed by atoms with Gasteiger partial charge in [-0.2, -0.15) is 0 Å². The molecular weight excluding hydrogens is 327 g/mol. The molecule has 0 aliphatic carbocycles. The molecule has 2 nitrogen and oxygen atoms in total. The Bertz CT molecular complexity index is 498. The summed E-state index contributed by atoms with van der Waals surface area (Å²) in [5.41, 5.74) is 1.29. The van der Waals surface area contributed by atoms with Crippen molar-refractivity contribution in [2.75, 3.05) is 32.7 Å². The second-order valence-corrected chi connectivity index (χ2v) is 7.86. The summed E-state index contributed by atoms with van der Waals surface area (Å²) in [5.74, 6) is 0. The van der Waals surface area contributed by atoms with Crippen molar-refractivity contribution in [3.63, 3.8) is 0 Å². The molecule has 0 spiro atoms. The largest absolute Gasteiger partial charge is 0.301 e. The van der Waals surface area contributed by atoms with E-state index < -0.39 is 0 Å². The van der Waals surface area contributed by atoms with E-state index in [9.17, 15) is 0 Å². The standard InChI is InChI=1S/C19H28Cl2N2/c20-18-8-7-16(14-19(18)21)9-13-22-10-5-6-17(15-22)23-11-3-1-2-4-12-23/h7-8,14,17H,1-6,9-13,15H2. The van der Waals surface area contributed by atoms with Gasteiger partial charge in [-0.25, -0.2) is 0 Å². The molecule has 1 atom stereocenters. The third-order valence-corrected chi connectivity index (χ3v) is 6.08. The van der Waals surface area contributed by atoms with Crippen LogP contribution in [0.2, 0.25) is 10.0 Å². The van der Waals surface area contributed by atoms with E-state index in [4.69, 9.17) is 23.2 Å². The molecule has 2 aliphatic heterocycles. The van der Waals surface area contributed by atoms with Gasteiger partial charge in [0.1, 0.15) is 0 Å². The lowest BCUT2D eigenvalue weighted by Gasteiger charge is -2.39. The summed E-state index contributed by atoms with van der Waals surface area (Å²) in [5, 5.41) is 1.32. The molecule has 0 radical (unpaired) electrons. The van der Waals surface area contributed by atoms with E-state index in [1.54, 1.807) is 0 Å². The van der Waals surface area contributed by atoms with Crippen LogP contribution in [0.15, 0.2) is 18.2 Å². The van der Waals surface area contributed by atoms with Gasteiger partial charge in [0, 0.05) is 19.1 Å². The van der Waals surface area contributed by atoms with Gasteiger partial charge >= 0.3 is 0 Å². The lowest BCUT2D eigenvalue weighted by molar-refractivity contribution is 0.101. The first kappa shape index (κ1) is 17.5. The average Bonchev–Trinajstić information content (AvgIpc) is 2.86. The van der Waals surface area contributed by atoms with E-state index in [-0.39, 0.29) is 0 Å².